The van der Waals surface area contributed by atoms with Gasteiger partial charge < -0.3 is 0 Å². The summed E-state index contributed by atoms with van der Waals surface area (Å²) >= 11 is 3.77. The topological polar surface area (TPSA) is 0 Å². The van der Waals surface area contributed by atoms with Crippen LogP contribution >= 0.6 is 23.5 Å². The van der Waals surface area contributed by atoms with E-state index in [4.69, 9.17) is 0 Å². The van der Waals surface area contributed by atoms with E-state index in [2.05, 4.69) is 51.9 Å². The minimum absolute atomic E-state index is 0.105. The first kappa shape index (κ1) is 19.0. The zero-order chi connectivity index (χ0) is 17.3. The maximum atomic E-state index is 14.5. The SMILES string of the molecule is CC(C)(C)C1CSC(c2ccc(C#C[Si](C)(C)C)cc2F)SC1. The number of benzene rings is 1. The Morgan fingerprint density at radius 3 is 2.22 bits per heavy atom. The average molecular weight is 367 g/mol. The number of thioether (sulfide) groups is 2. The normalized spacial score (nSPS) is 22.4. The lowest BCUT2D eigenvalue weighted by Crippen LogP contribution is -2.28. The highest BCUT2D eigenvalue weighted by molar-refractivity contribution is 8.16. The number of hydrogen-bond acceptors (Lipinski definition) is 2. The maximum Gasteiger partial charge on any atom is 0.129 e. The molecule has 0 saturated carbocycles. The van der Waals surface area contributed by atoms with Gasteiger partial charge in [-0.2, -0.15) is 0 Å². The molecule has 1 aliphatic heterocycles. The largest absolute Gasteiger partial charge is 0.207 e. The fraction of sp³-hybridized carbons (Fsp3) is 0.579. The fourth-order valence-electron chi connectivity index (χ4n) is 2.24. The van der Waals surface area contributed by atoms with Gasteiger partial charge in [-0.15, -0.1) is 29.1 Å². The number of hydrogen-bond donors (Lipinski definition) is 0. The molecule has 23 heavy (non-hydrogen) atoms. The first-order chi connectivity index (χ1) is 10.6. The molecule has 2 rings (SSSR count). The standard InChI is InChI=1S/C19H27FS2Si/c1-19(2,3)15-12-21-18(22-13-15)16-8-7-14(11-17(16)20)9-10-23(4,5)6/h7-8,11,15,18H,12-13H2,1-6H3. The smallest absolute Gasteiger partial charge is 0.129 e. The molecule has 1 heterocycles. The summed E-state index contributed by atoms with van der Waals surface area (Å²) in [6, 6.07) is 5.52. The van der Waals surface area contributed by atoms with Gasteiger partial charge in [-0.05, 0) is 35.0 Å². The van der Waals surface area contributed by atoms with E-state index < -0.39 is 8.07 Å². The molecule has 0 amide bonds. The van der Waals surface area contributed by atoms with Crippen molar-refractivity contribution in [3.05, 3.63) is 35.1 Å². The van der Waals surface area contributed by atoms with Crippen LogP contribution in [-0.2, 0) is 0 Å². The number of halogens is 1. The maximum absolute atomic E-state index is 14.5. The molecule has 0 radical (unpaired) electrons. The minimum Gasteiger partial charge on any atom is -0.207 e. The van der Waals surface area contributed by atoms with Crippen LogP contribution in [0.15, 0.2) is 18.2 Å². The molecule has 1 aromatic rings. The third-order valence-electron chi connectivity index (χ3n) is 3.96. The summed E-state index contributed by atoms with van der Waals surface area (Å²) in [4.78, 5) is 0. The van der Waals surface area contributed by atoms with Crippen molar-refractivity contribution in [2.45, 2.75) is 45.0 Å². The van der Waals surface area contributed by atoms with Crippen molar-refractivity contribution in [1.82, 2.24) is 0 Å². The highest BCUT2D eigenvalue weighted by Gasteiger charge is 2.32. The number of rotatable bonds is 1. The predicted molar refractivity (Wildman–Crippen MR) is 107 cm³/mol. The van der Waals surface area contributed by atoms with Crippen molar-refractivity contribution in [2.75, 3.05) is 11.5 Å². The second-order valence-corrected chi connectivity index (χ2v) is 15.6. The zero-order valence-electron chi connectivity index (χ0n) is 15.0. The summed E-state index contributed by atoms with van der Waals surface area (Å²) in [6.45, 7) is 13.5. The highest BCUT2D eigenvalue weighted by Crippen LogP contribution is 2.49. The Balaban J connectivity index is 2.09. The summed E-state index contributed by atoms with van der Waals surface area (Å²) in [7, 11) is -1.42. The van der Waals surface area contributed by atoms with Gasteiger partial charge in [-0.3, -0.25) is 0 Å². The second kappa shape index (κ2) is 7.25. The molecule has 0 unspecified atom stereocenters. The van der Waals surface area contributed by atoms with Crippen molar-refractivity contribution >= 4 is 31.6 Å². The predicted octanol–water partition coefficient (Wildman–Crippen LogP) is 6.20. The van der Waals surface area contributed by atoms with Crippen molar-refractivity contribution in [3.8, 4) is 11.5 Å². The molecule has 126 valence electrons. The van der Waals surface area contributed by atoms with Crippen LogP contribution in [0.2, 0.25) is 19.6 Å². The van der Waals surface area contributed by atoms with Gasteiger partial charge in [-0.1, -0.05) is 52.4 Å². The molecule has 0 aromatic heterocycles. The Morgan fingerprint density at radius 1 is 1.13 bits per heavy atom. The van der Waals surface area contributed by atoms with Crippen molar-refractivity contribution < 1.29 is 4.39 Å². The molecule has 0 bridgehead atoms. The molecule has 0 aliphatic carbocycles. The summed E-state index contributed by atoms with van der Waals surface area (Å²) in [5.41, 5.74) is 5.25. The lowest BCUT2D eigenvalue weighted by molar-refractivity contribution is 0.292. The van der Waals surface area contributed by atoms with Crippen LogP contribution in [0.3, 0.4) is 0 Å². The summed E-state index contributed by atoms with van der Waals surface area (Å²) < 4.78 is 14.7. The van der Waals surface area contributed by atoms with E-state index in [-0.39, 0.29) is 10.4 Å². The Morgan fingerprint density at radius 2 is 1.74 bits per heavy atom. The van der Waals surface area contributed by atoms with Crippen molar-refractivity contribution in [3.63, 3.8) is 0 Å². The van der Waals surface area contributed by atoms with Gasteiger partial charge in [-0.25, -0.2) is 4.39 Å². The van der Waals surface area contributed by atoms with Crippen LogP contribution < -0.4 is 0 Å². The van der Waals surface area contributed by atoms with Gasteiger partial charge in [0.15, 0.2) is 0 Å². The Hall–Kier alpha value is -0.373. The summed E-state index contributed by atoms with van der Waals surface area (Å²) in [6.07, 6.45) is 0. The molecule has 1 aliphatic rings. The molecule has 0 N–H and O–H groups in total. The molecule has 4 heteroatoms. The fourth-order valence-corrected chi connectivity index (χ4v) is 6.55. The van der Waals surface area contributed by atoms with E-state index in [1.165, 1.54) is 0 Å². The highest BCUT2D eigenvalue weighted by atomic mass is 32.2. The molecule has 1 saturated heterocycles. The van der Waals surface area contributed by atoms with Gasteiger partial charge in [0.2, 0.25) is 0 Å². The van der Waals surface area contributed by atoms with Gasteiger partial charge in [0.1, 0.15) is 13.9 Å². The molecule has 1 aromatic carbocycles. The van der Waals surface area contributed by atoms with Gasteiger partial charge in [0.05, 0.1) is 4.58 Å². The minimum atomic E-state index is -1.42. The molecule has 0 atom stereocenters. The van der Waals surface area contributed by atoms with Crippen molar-refractivity contribution in [2.24, 2.45) is 11.3 Å². The molecule has 0 spiro atoms. The first-order valence-electron chi connectivity index (χ1n) is 8.12. The van der Waals surface area contributed by atoms with Crippen LogP contribution in [0.5, 0.6) is 0 Å². The Labute approximate surface area is 150 Å². The van der Waals surface area contributed by atoms with Crippen LogP contribution in [0.1, 0.15) is 36.5 Å². The molecular formula is C19H27FS2Si. The quantitative estimate of drug-likeness (QED) is 0.429. The summed E-state index contributed by atoms with van der Waals surface area (Å²) in [5.74, 6) is 5.95. The lowest BCUT2D eigenvalue weighted by atomic mass is 9.83. The van der Waals surface area contributed by atoms with Crippen LogP contribution in [-0.4, -0.2) is 19.6 Å². The van der Waals surface area contributed by atoms with E-state index in [9.17, 15) is 4.39 Å². The van der Waals surface area contributed by atoms with E-state index in [0.717, 1.165) is 22.6 Å². The first-order valence-corrected chi connectivity index (χ1v) is 13.7. The second-order valence-electron chi connectivity index (χ2n) is 8.30. The third kappa shape index (κ3) is 5.58. The van der Waals surface area contributed by atoms with E-state index in [0.29, 0.717) is 11.3 Å². The average Bonchev–Trinajstić information content (AvgIpc) is 2.44. The van der Waals surface area contributed by atoms with E-state index in [1.807, 2.05) is 35.7 Å². The van der Waals surface area contributed by atoms with Gasteiger partial charge in [0, 0.05) is 11.1 Å². The van der Waals surface area contributed by atoms with Crippen LogP contribution in [0, 0.1) is 28.6 Å². The van der Waals surface area contributed by atoms with Crippen LogP contribution in [0.4, 0.5) is 4.39 Å². The van der Waals surface area contributed by atoms with Gasteiger partial charge >= 0.3 is 0 Å². The summed E-state index contributed by atoms with van der Waals surface area (Å²) in [5, 5.41) is 0. The Kier molecular flexibility index (Phi) is 5.98. The molecular weight excluding hydrogens is 339 g/mol. The molecule has 0 nitrogen and oxygen atoms in total. The van der Waals surface area contributed by atoms with Crippen LogP contribution in [0.25, 0.3) is 0 Å². The van der Waals surface area contributed by atoms with E-state index >= 15 is 0 Å². The third-order valence-corrected chi connectivity index (χ3v) is 7.95. The zero-order valence-corrected chi connectivity index (χ0v) is 17.6. The van der Waals surface area contributed by atoms with Crippen molar-refractivity contribution in [1.29, 1.82) is 0 Å². The van der Waals surface area contributed by atoms with Gasteiger partial charge in [0.25, 0.3) is 0 Å². The Bertz CT molecular complexity index is 609. The molecule has 1 fully saturated rings. The lowest BCUT2D eigenvalue weighted by Gasteiger charge is -2.36. The monoisotopic (exact) mass is 366 g/mol. The van der Waals surface area contributed by atoms with E-state index in [1.54, 1.807) is 6.07 Å².